The fourth-order valence-corrected chi connectivity index (χ4v) is 3.49. The van der Waals surface area contributed by atoms with Crippen molar-refractivity contribution in [2.24, 2.45) is 0 Å². The Morgan fingerprint density at radius 3 is 2.39 bits per heavy atom. The van der Waals surface area contributed by atoms with Crippen LogP contribution in [0.3, 0.4) is 0 Å². The first-order valence-electron chi connectivity index (χ1n) is 9.54. The molecular weight excluding hydrogens is 370 g/mol. The second-order valence-electron chi connectivity index (χ2n) is 7.04. The molecule has 1 N–H and O–H groups in total. The molecule has 0 bridgehead atoms. The molecule has 2 aromatic carbocycles. The van der Waals surface area contributed by atoms with Gasteiger partial charge in [0.25, 0.3) is 0 Å². The highest BCUT2D eigenvalue weighted by atomic mass is 35.5. The Kier molecular flexibility index (Phi) is 5.74. The van der Waals surface area contributed by atoms with Gasteiger partial charge in [-0.2, -0.15) is 4.98 Å². The molecule has 5 nitrogen and oxygen atoms in total. The van der Waals surface area contributed by atoms with E-state index < -0.39 is 0 Å². The van der Waals surface area contributed by atoms with Crippen molar-refractivity contribution in [1.82, 2.24) is 14.9 Å². The molecule has 0 unspecified atom stereocenters. The minimum absolute atomic E-state index is 0.583. The Morgan fingerprint density at radius 1 is 0.929 bits per heavy atom. The van der Waals surface area contributed by atoms with Gasteiger partial charge in [0.15, 0.2) is 0 Å². The molecule has 1 aliphatic rings. The van der Waals surface area contributed by atoms with Crippen LogP contribution in [0.4, 0.5) is 11.8 Å². The van der Waals surface area contributed by atoms with Crippen LogP contribution in [0.1, 0.15) is 5.56 Å². The van der Waals surface area contributed by atoms with Gasteiger partial charge in [-0.25, -0.2) is 4.98 Å². The number of nitrogens with zero attached hydrogens (tertiary/aromatic N) is 4. The number of halogens is 1. The van der Waals surface area contributed by atoms with Gasteiger partial charge in [0.2, 0.25) is 5.95 Å². The van der Waals surface area contributed by atoms with Crippen molar-refractivity contribution in [3.63, 3.8) is 0 Å². The summed E-state index contributed by atoms with van der Waals surface area (Å²) >= 11 is 6.29. The minimum atomic E-state index is 0.583. The monoisotopic (exact) mass is 393 g/mol. The van der Waals surface area contributed by atoms with E-state index in [1.54, 1.807) is 0 Å². The van der Waals surface area contributed by atoms with E-state index in [2.05, 4.69) is 40.4 Å². The third-order valence-electron chi connectivity index (χ3n) is 5.00. The molecule has 0 radical (unpaired) electrons. The zero-order valence-electron chi connectivity index (χ0n) is 16.0. The molecule has 28 heavy (non-hydrogen) atoms. The molecule has 1 fully saturated rings. The number of likely N-dealkylation sites (N-methyl/N-ethyl adjacent to an activating group) is 1. The van der Waals surface area contributed by atoms with Gasteiger partial charge < -0.3 is 15.1 Å². The molecule has 0 atom stereocenters. The summed E-state index contributed by atoms with van der Waals surface area (Å²) in [5.41, 5.74) is 3.03. The second kappa shape index (κ2) is 8.59. The lowest BCUT2D eigenvalue weighted by Crippen LogP contribution is -2.44. The largest absolute Gasteiger partial charge is 0.354 e. The van der Waals surface area contributed by atoms with Crippen molar-refractivity contribution in [3.8, 4) is 11.3 Å². The summed E-state index contributed by atoms with van der Waals surface area (Å²) in [4.78, 5) is 14.2. The Hall–Kier alpha value is -2.63. The van der Waals surface area contributed by atoms with Crippen molar-refractivity contribution >= 4 is 23.4 Å². The molecule has 0 saturated carbocycles. The van der Waals surface area contributed by atoms with Crippen LogP contribution in [0.15, 0.2) is 60.7 Å². The summed E-state index contributed by atoms with van der Waals surface area (Å²) in [5.74, 6) is 1.58. The number of rotatable bonds is 5. The topological polar surface area (TPSA) is 44.3 Å². The number of hydrogen-bond donors (Lipinski definition) is 1. The molecule has 144 valence electrons. The highest BCUT2D eigenvalue weighted by Crippen LogP contribution is 2.25. The van der Waals surface area contributed by atoms with Gasteiger partial charge >= 0.3 is 0 Å². The molecule has 1 aliphatic heterocycles. The molecule has 1 saturated heterocycles. The Morgan fingerprint density at radius 2 is 1.64 bits per heavy atom. The second-order valence-corrected chi connectivity index (χ2v) is 7.44. The Bertz CT molecular complexity index is 923. The lowest BCUT2D eigenvalue weighted by molar-refractivity contribution is 0.312. The summed E-state index contributed by atoms with van der Waals surface area (Å²) in [7, 11) is 2.16. The molecule has 0 spiro atoms. The highest BCUT2D eigenvalue weighted by Gasteiger charge is 2.17. The first kappa shape index (κ1) is 18.7. The quantitative estimate of drug-likeness (QED) is 0.705. The average Bonchev–Trinajstić information content (AvgIpc) is 2.74. The fraction of sp³-hybridized carbons (Fsp3) is 0.273. The van der Waals surface area contributed by atoms with Gasteiger partial charge in [-0.15, -0.1) is 0 Å². The molecule has 0 amide bonds. The van der Waals surface area contributed by atoms with Crippen LogP contribution in [0.5, 0.6) is 0 Å². The number of aromatic nitrogens is 2. The first-order valence-corrected chi connectivity index (χ1v) is 9.92. The van der Waals surface area contributed by atoms with Crippen LogP contribution in [0.2, 0.25) is 5.02 Å². The predicted octanol–water partition coefficient (Wildman–Crippen LogP) is 4.16. The maximum absolute atomic E-state index is 6.29. The van der Waals surface area contributed by atoms with Crippen molar-refractivity contribution in [2.45, 2.75) is 6.54 Å². The van der Waals surface area contributed by atoms with Crippen LogP contribution >= 0.6 is 11.6 Å². The summed E-state index contributed by atoms with van der Waals surface area (Å²) in [6, 6.07) is 20.1. The number of nitrogens with one attached hydrogen (secondary N) is 1. The molecule has 4 rings (SSSR count). The zero-order valence-corrected chi connectivity index (χ0v) is 16.7. The van der Waals surface area contributed by atoms with E-state index in [1.165, 1.54) is 0 Å². The van der Waals surface area contributed by atoms with E-state index in [-0.39, 0.29) is 0 Å². The van der Waals surface area contributed by atoms with E-state index in [4.69, 9.17) is 21.6 Å². The Labute approximate surface area is 171 Å². The summed E-state index contributed by atoms with van der Waals surface area (Å²) in [5, 5.41) is 4.10. The maximum Gasteiger partial charge on any atom is 0.225 e. The van der Waals surface area contributed by atoms with Crippen LogP contribution in [-0.2, 0) is 6.54 Å². The number of anilines is 2. The highest BCUT2D eigenvalue weighted by molar-refractivity contribution is 6.31. The van der Waals surface area contributed by atoms with Gasteiger partial charge in [0, 0.05) is 49.4 Å². The Balaban J connectivity index is 1.63. The van der Waals surface area contributed by atoms with Gasteiger partial charge in [-0.05, 0) is 18.7 Å². The van der Waals surface area contributed by atoms with Gasteiger partial charge in [0.05, 0.1) is 5.69 Å². The van der Waals surface area contributed by atoms with Crippen LogP contribution in [0.25, 0.3) is 11.3 Å². The normalized spacial score (nSPS) is 14.9. The number of benzene rings is 2. The lowest BCUT2D eigenvalue weighted by atomic mass is 10.1. The van der Waals surface area contributed by atoms with E-state index in [1.807, 2.05) is 42.5 Å². The molecule has 3 aromatic rings. The third-order valence-corrected chi connectivity index (χ3v) is 5.37. The van der Waals surface area contributed by atoms with Crippen molar-refractivity contribution < 1.29 is 0 Å². The fourth-order valence-electron chi connectivity index (χ4n) is 3.28. The molecular formula is C22H24ClN5. The van der Waals surface area contributed by atoms with Gasteiger partial charge in [0.1, 0.15) is 5.82 Å². The smallest absolute Gasteiger partial charge is 0.225 e. The molecule has 2 heterocycles. The van der Waals surface area contributed by atoms with Crippen molar-refractivity contribution in [3.05, 3.63) is 71.2 Å². The van der Waals surface area contributed by atoms with Crippen molar-refractivity contribution in [1.29, 1.82) is 0 Å². The van der Waals surface area contributed by atoms with E-state index >= 15 is 0 Å². The third kappa shape index (κ3) is 4.43. The van der Waals surface area contributed by atoms with Crippen LogP contribution < -0.4 is 10.2 Å². The van der Waals surface area contributed by atoms with Crippen LogP contribution in [-0.4, -0.2) is 48.1 Å². The van der Waals surface area contributed by atoms with E-state index in [9.17, 15) is 0 Å². The SMILES string of the molecule is CN1CCN(c2cc(-c3ccccc3)nc(NCc3ccccc3Cl)n2)CC1. The first-order chi connectivity index (χ1) is 13.7. The molecule has 1 aromatic heterocycles. The average molecular weight is 394 g/mol. The zero-order chi connectivity index (χ0) is 19.3. The maximum atomic E-state index is 6.29. The van der Waals surface area contributed by atoms with E-state index in [0.717, 1.165) is 53.8 Å². The summed E-state index contributed by atoms with van der Waals surface area (Å²) in [6.07, 6.45) is 0. The number of piperazine rings is 1. The van der Waals surface area contributed by atoms with E-state index in [0.29, 0.717) is 12.5 Å². The number of hydrogen-bond acceptors (Lipinski definition) is 5. The standard InChI is InChI=1S/C22H24ClN5/c1-27-11-13-28(14-12-27)21-15-20(17-7-3-2-4-8-17)25-22(26-21)24-16-18-9-5-6-10-19(18)23/h2-10,15H,11-14,16H2,1H3,(H,24,25,26). The van der Waals surface area contributed by atoms with Gasteiger partial charge in [-0.1, -0.05) is 60.1 Å². The predicted molar refractivity (Wildman–Crippen MR) is 116 cm³/mol. The lowest BCUT2D eigenvalue weighted by Gasteiger charge is -2.33. The minimum Gasteiger partial charge on any atom is -0.354 e. The van der Waals surface area contributed by atoms with Crippen LogP contribution in [0, 0.1) is 0 Å². The molecule has 6 heteroatoms. The summed E-state index contributed by atoms with van der Waals surface area (Å²) < 4.78 is 0. The van der Waals surface area contributed by atoms with Crippen molar-refractivity contribution in [2.75, 3.05) is 43.4 Å². The summed E-state index contributed by atoms with van der Waals surface area (Å²) in [6.45, 7) is 4.58. The van der Waals surface area contributed by atoms with Gasteiger partial charge in [-0.3, -0.25) is 0 Å². The molecule has 0 aliphatic carbocycles.